The average molecular weight is 199 g/mol. The molecule has 3 rings (SSSR count). The fourth-order valence-corrected chi connectivity index (χ4v) is 2.83. The maximum Gasteiger partial charge on any atom is 0.0798 e. The molecule has 0 bridgehead atoms. The molecule has 1 fully saturated rings. The lowest BCUT2D eigenvalue weighted by Gasteiger charge is -2.23. The van der Waals surface area contributed by atoms with Gasteiger partial charge in [0.05, 0.1) is 25.2 Å². The maximum atomic E-state index is 8.79. The molecule has 0 amide bonds. The minimum atomic E-state index is 0.345. The van der Waals surface area contributed by atoms with Gasteiger partial charge >= 0.3 is 0 Å². The lowest BCUT2D eigenvalue weighted by Crippen LogP contribution is -2.15. The minimum Gasteiger partial charge on any atom is -0.373 e. The highest BCUT2D eigenvalue weighted by molar-refractivity contribution is 5.60. The minimum absolute atomic E-state index is 0.345. The molecule has 76 valence electrons. The van der Waals surface area contributed by atoms with Crippen molar-refractivity contribution < 1.29 is 4.74 Å². The Bertz CT molecular complexity index is 434. The Kier molecular flexibility index (Phi) is 2.00. The van der Waals surface area contributed by atoms with E-state index >= 15 is 0 Å². The van der Waals surface area contributed by atoms with E-state index in [-0.39, 0.29) is 0 Å². The van der Waals surface area contributed by atoms with Gasteiger partial charge < -0.3 is 4.74 Å². The first kappa shape index (κ1) is 8.94. The average Bonchev–Trinajstić information content (AvgIpc) is 2.83. The van der Waals surface area contributed by atoms with Crippen LogP contribution in [0.5, 0.6) is 0 Å². The van der Waals surface area contributed by atoms with E-state index in [0.29, 0.717) is 12.5 Å². The van der Waals surface area contributed by atoms with Crippen LogP contribution in [-0.4, -0.2) is 12.7 Å². The van der Waals surface area contributed by atoms with Gasteiger partial charge in [0.2, 0.25) is 0 Å². The van der Waals surface area contributed by atoms with Gasteiger partial charge in [0, 0.05) is 0 Å². The van der Waals surface area contributed by atoms with E-state index in [9.17, 15) is 0 Å². The highest BCUT2D eigenvalue weighted by Crippen LogP contribution is 2.43. The Labute approximate surface area is 89.5 Å². The summed E-state index contributed by atoms with van der Waals surface area (Å²) in [5.74, 6) is 0. The Morgan fingerprint density at radius 3 is 3.20 bits per heavy atom. The third-order valence-corrected chi connectivity index (χ3v) is 3.47. The molecule has 1 heterocycles. The number of nitrogens with zero attached hydrogens (tertiary/aromatic N) is 1. The van der Waals surface area contributed by atoms with E-state index in [0.717, 1.165) is 25.9 Å². The lowest BCUT2D eigenvalue weighted by molar-refractivity contribution is 0.116. The summed E-state index contributed by atoms with van der Waals surface area (Å²) in [5, 5.41) is 8.79. The van der Waals surface area contributed by atoms with E-state index in [4.69, 9.17) is 10.00 Å². The molecule has 0 saturated carbocycles. The third kappa shape index (κ3) is 1.27. The molecule has 0 radical (unpaired) electrons. The molecule has 15 heavy (non-hydrogen) atoms. The Morgan fingerprint density at radius 1 is 1.40 bits per heavy atom. The standard InChI is InChI=1S/C13H13NO/c14-7-5-10-2-1-9-3-4-12-11(13(9)10)6-8-15-12/h1-2,12H,3-6,8H2. The zero-order valence-electron chi connectivity index (χ0n) is 8.62. The van der Waals surface area contributed by atoms with Gasteiger partial charge in [-0.25, -0.2) is 0 Å². The van der Waals surface area contributed by atoms with E-state index in [1.165, 1.54) is 22.3 Å². The second-order valence-corrected chi connectivity index (χ2v) is 4.27. The molecule has 1 unspecified atom stereocenters. The molecular formula is C13H13NO. The predicted octanol–water partition coefficient (Wildman–Crippen LogP) is 2.65. The Morgan fingerprint density at radius 2 is 2.33 bits per heavy atom. The quantitative estimate of drug-likeness (QED) is 0.650. The van der Waals surface area contributed by atoms with Crippen LogP contribution in [-0.2, 0) is 4.74 Å². The zero-order chi connectivity index (χ0) is 10.3. The summed E-state index contributed by atoms with van der Waals surface area (Å²) in [5.41, 5.74) is 5.45. The van der Waals surface area contributed by atoms with E-state index in [1.54, 1.807) is 0 Å². The van der Waals surface area contributed by atoms with E-state index in [2.05, 4.69) is 18.2 Å². The van der Waals surface area contributed by atoms with Crippen LogP contribution in [0.4, 0.5) is 0 Å². The van der Waals surface area contributed by atoms with E-state index < -0.39 is 0 Å². The highest BCUT2D eigenvalue weighted by Gasteiger charge is 2.32. The summed E-state index contributed by atoms with van der Waals surface area (Å²) in [6.45, 7) is 0.858. The fourth-order valence-electron chi connectivity index (χ4n) is 2.83. The van der Waals surface area contributed by atoms with Crippen LogP contribution in [0.3, 0.4) is 0 Å². The molecule has 0 aromatic carbocycles. The van der Waals surface area contributed by atoms with Crippen LogP contribution in [0.1, 0.15) is 25.7 Å². The molecule has 0 aromatic heterocycles. The lowest BCUT2D eigenvalue weighted by atomic mass is 9.83. The molecule has 1 atom stereocenters. The Balaban J connectivity index is 2.04. The van der Waals surface area contributed by atoms with Gasteiger partial charge in [0.1, 0.15) is 0 Å². The molecular weight excluding hydrogens is 186 g/mol. The van der Waals surface area contributed by atoms with Crippen LogP contribution < -0.4 is 0 Å². The highest BCUT2D eigenvalue weighted by atomic mass is 16.5. The van der Waals surface area contributed by atoms with Crippen molar-refractivity contribution in [1.29, 1.82) is 5.26 Å². The molecule has 2 aliphatic carbocycles. The zero-order valence-corrected chi connectivity index (χ0v) is 8.62. The summed E-state index contributed by atoms with van der Waals surface area (Å²) in [7, 11) is 0. The van der Waals surface area contributed by atoms with Gasteiger partial charge in [-0.15, -0.1) is 0 Å². The van der Waals surface area contributed by atoms with Crippen LogP contribution in [0.25, 0.3) is 0 Å². The van der Waals surface area contributed by atoms with Gasteiger partial charge in [-0.3, -0.25) is 0 Å². The molecule has 2 heteroatoms. The van der Waals surface area contributed by atoms with E-state index in [1.807, 2.05) is 0 Å². The second-order valence-electron chi connectivity index (χ2n) is 4.27. The van der Waals surface area contributed by atoms with Crippen molar-refractivity contribution in [2.75, 3.05) is 6.61 Å². The summed E-state index contributed by atoms with van der Waals surface area (Å²) in [4.78, 5) is 0. The van der Waals surface area contributed by atoms with Gasteiger partial charge in [0.25, 0.3) is 0 Å². The van der Waals surface area contributed by atoms with Crippen molar-refractivity contribution in [2.45, 2.75) is 31.8 Å². The monoisotopic (exact) mass is 199 g/mol. The first-order chi connectivity index (χ1) is 7.40. The summed E-state index contributed by atoms with van der Waals surface area (Å²) in [6.07, 6.45) is 8.46. The van der Waals surface area contributed by atoms with Crippen molar-refractivity contribution in [3.05, 3.63) is 34.4 Å². The van der Waals surface area contributed by atoms with Crippen molar-refractivity contribution in [3.63, 3.8) is 0 Å². The van der Waals surface area contributed by atoms with Crippen LogP contribution in [0.2, 0.25) is 0 Å². The van der Waals surface area contributed by atoms with Gasteiger partial charge in [0.15, 0.2) is 0 Å². The number of fused-ring (bicyclic) bond motifs is 2. The first-order valence-electron chi connectivity index (χ1n) is 5.52. The maximum absolute atomic E-state index is 8.79. The molecule has 0 N–H and O–H groups in total. The molecule has 3 aliphatic rings. The predicted molar refractivity (Wildman–Crippen MR) is 57.0 cm³/mol. The van der Waals surface area contributed by atoms with Crippen molar-refractivity contribution in [3.8, 4) is 6.07 Å². The summed E-state index contributed by atoms with van der Waals surface area (Å²) < 4.78 is 5.70. The first-order valence-corrected chi connectivity index (χ1v) is 5.52. The SMILES string of the molecule is N#CCC1=CC=C2CCC3OCCC3=C12. The number of allylic oxidation sites excluding steroid dienone is 5. The third-order valence-electron chi connectivity index (χ3n) is 3.47. The normalized spacial score (nSPS) is 28.1. The van der Waals surface area contributed by atoms with Gasteiger partial charge in [-0.2, -0.15) is 5.26 Å². The van der Waals surface area contributed by atoms with Crippen molar-refractivity contribution in [1.82, 2.24) is 0 Å². The smallest absolute Gasteiger partial charge is 0.0798 e. The number of nitriles is 1. The molecule has 1 saturated heterocycles. The van der Waals surface area contributed by atoms with Crippen molar-refractivity contribution in [2.24, 2.45) is 0 Å². The number of ether oxygens (including phenoxy) is 1. The molecule has 0 aromatic rings. The summed E-state index contributed by atoms with van der Waals surface area (Å²) >= 11 is 0. The molecule has 0 spiro atoms. The van der Waals surface area contributed by atoms with Crippen LogP contribution in [0, 0.1) is 11.3 Å². The topological polar surface area (TPSA) is 33.0 Å². The van der Waals surface area contributed by atoms with Crippen LogP contribution in [0.15, 0.2) is 34.4 Å². The van der Waals surface area contributed by atoms with Crippen molar-refractivity contribution >= 4 is 0 Å². The molecule has 2 nitrogen and oxygen atoms in total. The van der Waals surface area contributed by atoms with Gasteiger partial charge in [-0.1, -0.05) is 12.2 Å². The fraction of sp³-hybridized carbons (Fsp3) is 0.462. The van der Waals surface area contributed by atoms with Crippen LogP contribution >= 0.6 is 0 Å². The largest absolute Gasteiger partial charge is 0.373 e. The molecule has 1 aliphatic heterocycles. The second kappa shape index (κ2) is 3.36. The van der Waals surface area contributed by atoms with Gasteiger partial charge in [-0.05, 0) is 41.6 Å². The number of hydrogen-bond donors (Lipinski definition) is 0. The summed E-state index contributed by atoms with van der Waals surface area (Å²) in [6, 6.07) is 2.25. The number of hydrogen-bond acceptors (Lipinski definition) is 2. The Hall–Kier alpha value is -1.33. The number of rotatable bonds is 1.